The van der Waals surface area contributed by atoms with E-state index in [1.165, 1.54) is 0 Å². The summed E-state index contributed by atoms with van der Waals surface area (Å²) in [5.74, 6) is 0.609. The first kappa shape index (κ1) is 13.4. The van der Waals surface area contributed by atoms with Crippen LogP contribution >= 0.6 is 0 Å². The summed E-state index contributed by atoms with van der Waals surface area (Å²) < 4.78 is 27.8. The van der Waals surface area contributed by atoms with Gasteiger partial charge in [0.2, 0.25) is 10.0 Å². The minimum atomic E-state index is -3.27. The topological polar surface area (TPSA) is 88.9 Å². The van der Waals surface area contributed by atoms with E-state index in [0.29, 0.717) is 5.82 Å². The second-order valence-corrected chi connectivity index (χ2v) is 6.44. The van der Waals surface area contributed by atoms with E-state index in [0.717, 1.165) is 25.8 Å². The minimum absolute atomic E-state index is 0.0629. The zero-order chi connectivity index (χ0) is 13.0. The molecule has 18 heavy (non-hydrogen) atoms. The van der Waals surface area contributed by atoms with E-state index in [9.17, 15) is 8.42 Å². The van der Waals surface area contributed by atoms with Gasteiger partial charge in [-0.1, -0.05) is 6.42 Å². The molecule has 1 atom stereocenters. The van der Waals surface area contributed by atoms with Crippen molar-refractivity contribution in [3.05, 3.63) is 12.2 Å². The maximum atomic E-state index is 11.9. The highest BCUT2D eigenvalue weighted by molar-refractivity contribution is 7.89. The van der Waals surface area contributed by atoms with Crippen molar-refractivity contribution >= 4 is 10.0 Å². The van der Waals surface area contributed by atoms with E-state index in [2.05, 4.69) is 20.1 Å². The number of sulfonamides is 1. The molecule has 2 rings (SSSR count). The lowest BCUT2D eigenvalue weighted by atomic mass is 10.1. The summed E-state index contributed by atoms with van der Waals surface area (Å²) in [5, 5.41) is 7.25. The van der Waals surface area contributed by atoms with Crippen LogP contribution in [0.4, 0.5) is 0 Å². The van der Waals surface area contributed by atoms with Gasteiger partial charge in [-0.25, -0.2) is 18.1 Å². The van der Waals surface area contributed by atoms with Crippen LogP contribution in [0.3, 0.4) is 0 Å². The summed E-state index contributed by atoms with van der Waals surface area (Å²) in [4.78, 5) is 3.97. The van der Waals surface area contributed by atoms with E-state index in [1.54, 1.807) is 18.1 Å². The van der Waals surface area contributed by atoms with Gasteiger partial charge in [0.15, 0.2) is 5.82 Å². The molecule has 0 radical (unpaired) electrons. The van der Waals surface area contributed by atoms with Crippen molar-refractivity contribution in [2.45, 2.75) is 31.8 Å². The van der Waals surface area contributed by atoms with Gasteiger partial charge in [-0.3, -0.25) is 4.68 Å². The van der Waals surface area contributed by atoms with E-state index >= 15 is 0 Å². The standard InChI is InChI=1S/C10H19N5O2S/c1-15-8-12-10(14-15)6-13-18(16,17)7-9-4-2-3-5-11-9/h8-9,11,13H,2-7H2,1H3. The molecule has 1 fully saturated rings. The van der Waals surface area contributed by atoms with Crippen LogP contribution in [0.1, 0.15) is 25.1 Å². The summed E-state index contributed by atoms with van der Waals surface area (Å²) in [6.07, 6.45) is 4.69. The van der Waals surface area contributed by atoms with Crippen molar-refractivity contribution in [3.63, 3.8) is 0 Å². The highest BCUT2D eigenvalue weighted by atomic mass is 32.2. The lowest BCUT2D eigenvalue weighted by Gasteiger charge is -2.23. The lowest BCUT2D eigenvalue weighted by molar-refractivity contribution is 0.422. The van der Waals surface area contributed by atoms with Gasteiger partial charge in [-0.2, -0.15) is 5.10 Å². The zero-order valence-corrected chi connectivity index (χ0v) is 11.3. The normalized spacial score (nSPS) is 21.1. The van der Waals surface area contributed by atoms with Crippen molar-refractivity contribution in [2.24, 2.45) is 7.05 Å². The third-order valence-corrected chi connectivity index (χ3v) is 4.36. The first-order valence-corrected chi connectivity index (χ1v) is 7.76. The molecule has 1 aromatic heterocycles. The maximum Gasteiger partial charge on any atom is 0.213 e. The fraction of sp³-hybridized carbons (Fsp3) is 0.800. The van der Waals surface area contributed by atoms with Gasteiger partial charge in [-0.15, -0.1) is 0 Å². The second-order valence-electron chi connectivity index (χ2n) is 4.58. The molecule has 0 bridgehead atoms. The number of rotatable bonds is 5. The molecule has 2 heterocycles. The Balaban J connectivity index is 1.83. The predicted octanol–water partition coefficient (Wildman–Crippen LogP) is -0.623. The third-order valence-electron chi connectivity index (χ3n) is 2.93. The van der Waals surface area contributed by atoms with E-state index in [4.69, 9.17) is 0 Å². The number of piperidine rings is 1. The number of nitrogens with zero attached hydrogens (tertiary/aromatic N) is 3. The second kappa shape index (κ2) is 5.77. The molecule has 1 aliphatic rings. The van der Waals surface area contributed by atoms with Crippen molar-refractivity contribution < 1.29 is 8.42 Å². The molecule has 0 spiro atoms. The molecule has 0 aliphatic carbocycles. The highest BCUT2D eigenvalue weighted by Gasteiger charge is 2.20. The number of aromatic nitrogens is 3. The first-order chi connectivity index (χ1) is 8.55. The molecule has 0 aromatic carbocycles. The lowest BCUT2D eigenvalue weighted by Crippen LogP contribution is -2.42. The Bertz CT molecular complexity index is 478. The summed E-state index contributed by atoms with van der Waals surface area (Å²) in [6, 6.07) is 0.0629. The van der Waals surface area contributed by atoms with E-state index in [1.807, 2.05) is 0 Å². The largest absolute Gasteiger partial charge is 0.313 e. The van der Waals surface area contributed by atoms with E-state index in [-0.39, 0.29) is 18.3 Å². The van der Waals surface area contributed by atoms with Gasteiger partial charge in [-0.05, 0) is 19.4 Å². The fourth-order valence-electron chi connectivity index (χ4n) is 2.03. The van der Waals surface area contributed by atoms with Crippen LogP contribution in [0.25, 0.3) is 0 Å². The van der Waals surface area contributed by atoms with Gasteiger partial charge < -0.3 is 5.32 Å². The van der Waals surface area contributed by atoms with Gasteiger partial charge in [0.1, 0.15) is 6.33 Å². The van der Waals surface area contributed by atoms with Gasteiger partial charge in [0.05, 0.1) is 12.3 Å². The Morgan fingerprint density at radius 2 is 2.39 bits per heavy atom. The quantitative estimate of drug-likeness (QED) is 0.746. The molecule has 0 saturated carbocycles. The summed E-state index contributed by atoms with van der Waals surface area (Å²) in [5.41, 5.74) is 0. The Hall–Kier alpha value is -0.990. The van der Waals surface area contributed by atoms with Gasteiger partial charge in [0.25, 0.3) is 0 Å². The van der Waals surface area contributed by atoms with Crippen molar-refractivity contribution in [1.82, 2.24) is 24.8 Å². The van der Waals surface area contributed by atoms with Crippen LogP contribution in [-0.4, -0.2) is 41.5 Å². The van der Waals surface area contributed by atoms with Gasteiger partial charge in [0, 0.05) is 13.1 Å². The third kappa shape index (κ3) is 4.04. The number of aryl methyl sites for hydroxylation is 1. The summed E-state index contributed by atoms with van der Waals surface area (Å²) >= 11 is 0. The molecule has 1 aromatic rings. The molecule has 7 nitrogen and oxygen atoms in total. The Kier molecular flexibility index (Phi) is 4.31. The molecule has 8 heteroatoms. The van der Waals surface area contributed by atoms with Crippen LogP contribution in [0.2, 0.25) is 0 Å². The Morgan fingerprint density at radius 1 is 1.56 bits per heavy atom. The van der Waals surface area contributed by atoms with Crippen molar-refractivity contribution in [2.75, 3.05) is 12.3 Å². The molecular weight excluding hydrogens is 254 g/mol. The van der Waals surface area contributed by atoms with Crippen LogP contribution in [-0.2, 0) is 23.6 Å². The average molecular weight is 273 g/mol. The molecular formula is C10H19N5O2S. The monoisotopic (exact) mass is 273 g/mol. The number of hydrogen-bond donors (Lipinski definition) is 2. The SMILES string of the molecule is Cn1cnc(CNS(=O)(=O)CC2CCCCN2)n1. The molecule has 2 N–H and O–H groups in total. The van der Waals surface area contributed by atoms with Crippen LogP contribution in [0.5, 0.6) is 0 Å². The Morgan fingerprint density at radius 3 is 3.00 bits per heavy atom. The van der Waals surface area contributed by atoms with Crippen molar-refractivity contribution in [3.8, 4) is 0 Å². The minimum Gasteiger partial charge on any atom is -0.313 e. The molecule has 102 valence electrons. The fourth-order valence-corrected chi connectivity index (χ4v) is 3.31. The number of nitrogens with one attached hydrogen (secondary N) is 2. The maximum absolute atomic E-state index is 11.9. The zero-order valence-electron chi connectivity index (χ0n) is 10.5. The van der Waals surface area contributed by atoms with E-state index < -0.39 is 10.0 Å². The smallest absolute Gasteiger partial charge is 0.213 e. The molecule has 1 saturated heterocycles. The molecule has 1 unspecified atom stereocenters. The molecule has 0 amide bonds. The van der Waals surface area contributed by atoms with Gasteiger partial charge >= 0.3 is 0 Å². The summed E-state index contributed by atoms with van der Waals surface area (Å²) in [7, 11) is -1.52. The predicted molar refractivity (Wildman–Crippen MR) is 67.3 cm³/mol. The van der Waals surface area contributed by atoms with Crippen LogP contribution in [0.15, 0.2) is 6.33 Å². The number of hydrogen-bond acceptors (Lipinski definition) is 5. The van der Waals surface area contributed by atoms with Crippen LogP contribution in [0, 0.1) is 0 Å². The molecule has 1 aliphatic heterocycles. The van der Waals surface area contributed by atoms with Crippen molar-refractivity contribution in [1.29, 1.82) is 0 Å². The van der Waals surface area contributed by atoms with Crippen LogP contribution < -0.4 is 10.0 Å². The Labute approximate surface area is 107 Å². The highest BCUT2D eigenvalue weighted by Crippen LogP contribution is 2.08. The average Bonchev–Trinajstić information content (AvgIpc) is 2.74. The first-order valence-electron chi connectivity index (χ1n) is 6.10. The summed E-state index contributed by atoms with van der Waals surface area (Å²) in [6.45, 7) is 1.05.